The highest BCUT2D eigenvalue weighted by Crippen LogP contribution is 2.26. The van der Waals surface area contributed by atoms with Gasteiger partial charge in [-0.15, -0.1) is 11.3 Å². The number of nitrogens with zero attached hydrogens (tertiary/aromatic N) is 1. The van der Waals surface area contributed by atoms with Crippen molar-refractivity contribution < 1.29 is 4.39 Å². The van der Waals surface area contributed by atoms with Gasteiger partial charge in [-0.2, -0.15) is 0 Å². The molecule has 0 bridgehead atoms. The Morgan fingerprint density at radius 1 is 1.33 bits per heavy atom. The predicted octanol–water partition coefficient (Wildman–Crippen LogP) is 3.75. The highest BCUT2D eigenvalue weighted by molar-refractivity contribution is 7.09. The minimum Gasteiger partial charge on any atom is -0.399 e. The quantitative estimate of drug-likeness (QED) is 0.839. The van der Waals surface area contributed by atoms with Crippen LogP contribution in [0.15, 0.2) is 23.6 Å². The van der Waals surface area contributed by atoms with Crippen molar-refractivity contribution in [3.05, 3.63) is 45.7 Å². The topological polar surface area (TPSA) is 38.9 Å². The number of halogens is 1. The molecule has 0 fully saturated rings. The Kier molecular flexibility index (Phi) is 3.39. The molecule has 0 saturated heterocycles. The Balaban J connectivity index is 2.24. The Morgan fingerprint density at radius 2 is 2.06 bits per heavy atom. The average molecular weight is 264 g/mol. The fraction of sp³-hybridized carbons (Fsp3) is 0.357. The zero-order valence-corrected chi connectivity index (χ0v) is 11.6. The molecule has 0 aliphatic rings. The van der Waals surface area contributed by atoms with Crippen molar-refractivity contribution in [2.24, 2.45) is 0 Å². The molecule has 0 saturated carbocycles. The van der Waals surface area contributed by atoms with Crippen LogP contribution in [0.4, 0.5) is 10.1 Å². The van der Waals surface area contributed by atoms with E-state index in [0.717, 1.165) is 10.7 Å². The van der Waals surface area contributed by atoms with Crippen LogP contribution in [0.1, 0.15) is 37.0 Å². The van der Waals surface area contributed by atoms with E-state index in [4.69, 9.17) is 5.73 Å². The molecule has 0 unspecified atom stereocenters. The number of hydrogen-bond acceptors (Lipinski definition) is 3. The van der Waals surface area contributed by atoms with Crippen LogP contribution in [0.2, 0.25) is 0 Å². The van der Waals surface area contributed by atoms with Gasteiger partial charge in [-0.05, 0) is 23.8 Å². The highest BCUT2D eigenvalue weighted by Gasteiger charge is 2.17. The molecule has 1 heterocycles. The third kappa shape index (κ3) is 2.88. The summed E-state index contributed by atoms with van der Waals surface area (Å²) in [5, 5.41) is 2.96. The summed E-state index contributed by atoms with van der Waals surface area (Å²) in [6.07, 6.45) is 0.498. The van der Waals surface area contributed by atoms with Crippen LogP contribution in [-0.4, -0.2) is 4.98 Å². The molecule has 96 valence electrons. The smallest absolute Gasteiger partial charge is 0.126 e. The predicted molar refractivity (Wildman–Crippen MR) is 74.4 cm³/mol. The van der Waals surface area contributed by atoms with Crippen LogP contribution < -0.4 is 5.73 Å². The summed E-state index contributed by atoms with van der Waals surface area (Å²) >= 11 is 1.57. The van der Waals surface area contributed by atoms with Gasteiger partial charge in [0.05, 0.1) is 10.7 Å². The van der Waals surface area contributed by atoms with Gasteiger partial charge in [0.2, 0.25) is 0 Å². The summed E-state index contributed by atoms with van der Waals surface area (Å²) in [6, 6.07) is 4.65. The van der Waals surface area contributed by atoms with Crippen molar-refractivity contribution in [3.63, 3.8) is 0 Å². The number of anilines is 1. The largest absolute Gasteiger partial charge is 0.399 e. The third-order valence-electron chi connectivity index (χ3n) is 2.73. The summed E-state index contributed by atoms with van der Waals surface area (Å²) in [5.74, 6) is -0.225. The Morgan fingerprint density at radius 3 is 2.67 bits per heavy atom. The van der Waals surface area contributed by atoms with Gasteiger partial charge in [0.25, 0.3) is 0 Å². The maximum atomic E-state index is 13.6. The van der Waals surface area contributed by atoms with Gasteiger partial charge in [0.1, 0.15) is 5.82 Å². The van der Waals surface area contributed by atoms with Gasteiger partial charge < -0.3 is 5.73 Å². The summed E-state index contributed by atoms with van der Waals surface area (Å²) < 4.78 is 13.6. The molecule has 2 rings (SSSR count). The van der Waals surface area contributed by atoms with Crippen LogP contribution in [0.25, 0.3) is 0 Å². The van der Waals surface area contributed by atoms with E-state index in [1.165, 1.54) is 6.07 Å². The second-order valence-corrected chi connectivity index (χ2v) is 6.35. The molecule has 0 aliphatic carbocycles. The molecule has 2 aromatic rings. The lowest BCUT2D eigenvalue weighted by Crippen LogP contribution is -2.11. The van der Waals surface area contributed by atoms with Gasteiger partial charge >= 0.3 is 0 Å². The van der Waals surface area contributed by atoms with Gasteiger partial charge in [-0.1, -0.05) is 20.8 Å². The van der Waals surface area contributed by atoms with Crippen molar-refractivity contribution in [3.8, 4) is 0 Å². The van der Waals surface area contributed by atoms with E-state index in [1.807, 2.05) is 5.38 Å². The normalized spacial score (nSPS) is 11.8. The van der Waals surface area contributed by atoms with Crippen molar-refractivity contribution in [2.75, 3.05) is 5.73 Å². The van der Waals surface area contributed by atoms with E-state index < -0.39 is 0 Å². The molecule has 1 aromatic heterocycles. The molecule has 0 aliphatic heterocycles. The third-order valence-corrected chi connectivity index (χ3v) is 3.58. The summed E-state index contributed by atoms with van der Waals surface area (Å²) in [7, 11) is 0. The van der Waals surface area contributed by atoms with E-state index in [9.17, 15) is 4.39 Å². The summed E-state index contributed by atoms with van der Waals surface area (Å²) in [4.78, 5) is 4.56. The van der Waals surface area contributed by atoms with Crippen LogP contribution >= 0.6 is 11.3 Å². The molecule has 18 heavy (non-hydrogen) atoms. The van der Waals surface area contributed by atoms with Crippen molar-refractivity contribution in [2.45, 2.75) is 32.6 Å². The summed E-state index contributed by atoms with van der Waals surface area (Å²) in [5.41, 5.74) is 7.93. The number of rotatable bonds is 2. The number of aromatic nitrogens is 1. The molecule has 0 atom stereocenters. The van der Waals surface area contributed by atoms with Crippen LogP contribution in [0.3, 0.4) is 0 Å². The molecule has 1 aromatic carbocycles. The number of nitrogens with two attached hydrogens (primary N) is 1. The number of nitrogen functional groups attached to an aromatic ring is 1. The molecular weight excluding hydrogens is 247 g/mol. The van der Waals surface area contributed by atoms with Gasteiger partial charge in [0, 0.05) is 22.9 Å². The second kappa shape index (κ2) is 4.69. The van der Waals surface area contributed by atoms with Crippen molar-refractivity contribution >= 4 is 17.0 Å². The zero-order chi connectivity index (χ0) is 13.3. The average Bonchev–Trinajstić information content (AvgIpc) is 2.71. The molecule has 0 radical (unpaired) electrons. The van der Waals surface area contributed by atoms with Crippen LogP contribution in [-0.2, 0) is 11.8 Å². The van der Waals surface area contributed by atoms with Crippen molar-refractivity contribution in [1.29, 1.82) is 0 Å². The maximum absolute atomic E-state index is 13.6. The standard InChI is InChI=1S/C14H17FN2S/c1-14(2,3)12-8-18-13(17-12)7-9-6-10(16)4-5-11(9)15/h4-6,8H,7,16H2,1-3H3. The van der Waals surface area contributed by atoms with Gasteiger partial charge in [0.15, 0.2) is 0 Å². The fourth-order valence-electron chi connectivity index (χ4n) is 1.63. The lowest BCUT2D eigenvalue weighted by molar-refractivity contribution is 0.570. The zero-order valence-electron chi connectivity index (χ0n) is 10.8. The molecule has 4 heteroatoms. The number of hydrogen-bond donors (Lipinski definition) is 1. The van der Waals surface area contributed by atoms with E-state index in [2.05, 4.69) is 25.8 Å². The molecule has 0 amide bonds. The lowest BCUT2D eigenvalue weighted by Gasteiger charge is -2.14. The first-order valence-corrected chi connectivity index (χ1v) is 6.73. The Hall–Kier alpha value is -1.42. The van der Waals surface area contributed by atoms with Crippen LogP contribution in [0, 0.1) is 5.82 Å². The minimum absolute atomic E-state index is 0.0308. The highest BCUT2D eigenvalue weighted by atomic mass is 32.1. The lowest BCUT2D eigenvalue weighted by atomic mass is 9.93. The van der Waals surface area contributed by atoms with Crippen LogP contribution in [0.5, 0.6) is 0 Å². The first-order chi connectivity index (χ1) is 8.36. The fourth-order valence-corrected chi connectivity index (χ4v) is 2.67. The molecule has 2 N–H and O–H groups in total. The van der Waals surface area contributed by atoms with E-state index >= 15 is 0 Å². The molecule has 2 nitrogen and oxygen atoms in total. The number of benzene rings is 1. The van der Waals surface area contributed by atoms with Gasteiger partial charge in [-0.25, -0.2) is 9.37 Å². The number of thiazole rings is 1. The van der Waals surface area contributed by atoms with Crippen molar-refractivity contribution in [1.82, 2.24) is 4.98 Å². The second-order valence-electron chi connectivity index (χ2n) is 5.40. The SMILES string of the molecule is CC(C)(C)c1csc(Cc2cc(N)ccc2F)n1. The maximum Gasteiger partial charge on any atom is 0.126 e. The van der Waals surface area contributed by atoms with E-state index in [0.29, 0.717) is 17.7 Å². The van der Waals surface area contributed by atoms with E-state index in [-0.39, 0.29) is 11.2 Å². The van der Waals surface area contributed by atoms with E-state index in [1.54, 1.807) is 23.5 Å². The first kappa shape index (κ1) is 13.0. The monoisotopic (exact) mass is 264 g/mol. The first-order valence-electron chi connectivity index (χ1n) is 5.85. The minimum atomic E-state index is -0.225. The summed E-state index contributed by atoms with van der Waals surface area (Å²) in [6.45, 7) is 6.35. The van der Waals surface area contributed by atoms with Gasteiger partial charge in [-0.3, -0.25) is 0 Å². The Labute approximate surface area is 111 Å². The Bertz CT molecular complexity index is 555. The molecule has 0 spiro atoms. The molecular formula is C14H17FN2S.